The highest BCUT2D eigenvalue weighted by molar-refractivity contribution is 7.89. The van der Waals surface area contributed by atoms with Gasteiger partial charge in [-0.1, -0.05) is 11.6 Å². The van der Waals surface area contributed by atoms with Crippen molar-refractivity contribution < 1.29 is 13.2 Å². The molecule has 3 heterocycles. The number of hydrogen-bond acceptors (Lipinski definition) is 5. The summed E-state index contributed by atoms with van der Waals surface area (Å²) in [5, 5.41) is 4.22. The molecule has 0 aliphatic carbocycles. The zero-order valence-corrected chi connectivity index (χ0v) is 12.6. The van der Waals surface area contributed by atoms with Gasteiger partial charge in [-0.3, -0.25) is 9.20 Å². The van der Waals surface area contributed by atoms with Crippen molar-refractivity contribution in [2.75, 3.05) is 19.6 Å². The van der Waals surface area contributed by atoms with Crippen molar-refractivity contribution in [1.29, 1.82) is 0 Å². The third kappa shape index (κ3) is 2.20. The van der Waals surface area contributed by atoms with Crippen molar-refractivity contribution >= 4 is 43.8 Å². The molecule has 7 nitrogen and oxygen atoms in total. The Balaban J connectivity index is 2.08. The van der Waals surface area contributed by atoms with Crippen LogP contribution < -0.4 is 5.32 Å². The standard InChI is InChI=1S/C10H11ClN4O3S2/c11-8-9(15-4-5-19-10(15)13-8)20(17,18)14-3-1-2-12-7(16)6-14/h4-5H,1-3,6H2,(H,12,16). The minimum absolute atomic E-state index is 0.0681. The number of nitrogens with one attached hydrogen (secondary N) is 1. The molecule has 0 atom stereocenters. The highest BCUT2D eigenvalue weighted by atomic mass is 35.5. The Bertz CT molecular complexity index is 767. The monoisotopic (exact) mass is 334 g/mol. The maximum Gasteiger partial charge on any atom is 0.262 e. The Morgan fingerprint density at radius 3 is 3.05 bits per heavy atom. The molecule has 0 spiro atoms. The normalized spacial score (nSPS) is 18.1. The highest BCUT2D eigenvalue weighted by Crippen LogP contribution is 2.28. The average Bonchev–Trinajstić information content (AvgIpc) is 2.83. The first kappa shape index (κ1) is 13.8. The Labute approximate surface area is 124 Å². The summed E-state index contributed by atoms with van der Waals surface area (Å²) in [6.45, 7) is 0.545. The van der Waals surface area contributed by atoms with Gasteiger partial charge in [0.1, 0.15) is 0 Å². The third-order valence-electron chi connectivity index (χ3n) is 2.99. The molecule has 0 aromatic carbocycles. The average molecular weight is 335 g/mol. The second kappa shape index (κ2) is 4.99. The van der Waals surface area contributed by atoms with Crippen LogP contribution in [-0.4, -0.2) is 47.6 Å². The fourth-order valence-corrected chi connectivity index (χ4v) is 4.92. The van der Waals surface area contributed by atoms with Crippen molar-refractivity contribution in [3.63, 3.8) is 0 Å². The first-order valence-corrected chi connectivity index (χ1v) is 8.58. The number of carbonyl (C=O) groups is 1. The molecule has 0 bridgehead atoms. The number of aromatic nitrogens is 2. The van der Waals surface area contributed by atoms with Crippen molar-refractivity contribution in [2.45, 2.75) is 11.4 Å². The van der Waals surface area contributed by atoms with Crippen LogP contribution in [0.4, 0.5) is 0 Å². The number of hydrogen-bond donors (Lipinski definition) is 1. The molecule has 1 amide bonds. The molecular weight excluding hydrogens is 324 g/mol. The van der Waals surface area contributed by atoms with Crippen molar-refractivity contribution in [1.82, 2.24) is 19.0 Å². The second-order valence-corrected chi connectivity index (χ2v) is 7.39. The number of amides is 1. The van der Waals surface area contributed by atoms with E-state index in [-0.39, 0.29) is 29.2 Å². The van der Waals surface area contributed by atoms with Gasteiger partial charge in [0.25, 0.3) is 10.0 Å². The molecule has 10 heteroatoms. The summed E-state index contributed by atoms with van der Waals surface area (Å²) < 4.78 is 27.9. The van der Waals surface area contributed by atoms with Crippen molar-refractivity contribution in [3.8, 4) is 0 Å². The summed E-state index contributed by atoms with van der Waals surface area (Å²) in [4.78, 5) is 16.1. The summed E-state index contributed by atoms with van der Waals surface area (Å²) in [7, 11) is -3.85. The number of sulfonamides is 1. The molecule has 0 saturated carbocycles. The molecule has 0 radical (unpaired) electrons. The summed E-state index contributed by atoms with van der Waals surface area (Å²) in [5.41, 5.74) is 0. The van der Waals surface area contributed by atoms with Crippen LogP contribution in [0, 0.1) is 0 Å². The molecule has 1 aliphatic rings. The first-order valence-electron chi connectivity index (χ1n) is 5.88. The lowest BCUT2D eigenvalue weighted by atomic mass is 10.4. The zero-order valence-electron chi connectivity index (χ0n) is 10.2. The Hall–Kier alpha value is -1.16. The van der Waals surface area contributed by atoms with E-state index in [0.29, 0.717) is 17.9 Å². The van der Waals surface area contributed by atoms with Gasteiger partial charge in [0.05, 0.1) is 6.54 Å². The van der Waals surface area contributed by atoms with Crippen LogP contribution in [0.2, 0.25) is 5.15 Å². The molecule has 1 N–H and O–H groups in total. The van der Waals surface area contributed by atoms with E-state index in [1.165, 1.54) is 15.7 Å². The number of fused-ring (bicyclic) bond motifs is 1. The minimum Gasteiger partial charge on any atom is -0.355 e. The van der Waals surface area contributed by atoms with E-state index in [1.807, 2.05) is 0 Å². The van der Waals surface area contributed by atoms with E-state index in [2.05, 4.69) is 10.3 Å². The lowest BCUT2D eigenvalue weighted by molar-refractivity contribution is -0.120. The third-order valence-corrected chi connectivity index (χ3v) is 5.99. The number of nitrogens with zero attached hydrogens (tertiary/aromatic N) is 3. The van der Waals surface area contributed by atoms with Crippen LogP contribution in [0.25, 0.3) is 4.96 Å². The van der Waals surface area contributed by atoms with Crippen LogP contribution in [0.15, 0.2) is 16.6 Å². The van der Waals surface area contributed by atoms with Crippen LogP contribution >= 0.6 is 22.9 Å². The smallest absolute Gasteiger partial charge is 0.262 e. The van der Waals surface area contributed by atoms with E-state index in [4.69, 9.17) is 11.6 Å². The number of halogens is 1. The predicted octanol–water partition coefficient (Wildman–Crippen LogP) is 0.560. The van der Waals surface area contributed by atoms with Crippen LogP contribution in [-0.2, 0) is 14.8 Å². The lowest BCUT2D eigenvalue weighted by Gasteiger charge is -2.18. The summed E-state index contributed by atoms with van der Waals surface area (Å²) in [6.07, 6.45) is 2.16. The van der Waals surface area contributed by atoms with E-state index in [1.54, 1.807) is 11.6 Å². The van der Waals surface area contributed by atoms with Gasteiger partial charge in [-0.15, -0.1) is 11.3 Å². The predicted molar refractivity (Wildman–Crippen MR) is 74.5 cm³/mol. The topological polar surface area (TPSA) is 83.8 Å². The number of thiazole rings is 1. The number of imidazole rings is 1. The summed E-state index contributed by atoms with van der Waals surface area (Å²) in [6, 6.07) is 0. The Kier molecular flexibility index (Phi) is 3.44. The largest absolute Gasteiger partial charge is 0.355 e. The maximum atomic E-state index is 12.7. The molecule has 2 aromatic rings. The summed E-state index contributed by atoms with van der Waals surface area (Å²) >= 11 is 7.25. The van der Waals surface area contributed by atoms with Gasteiger partial charge in [-0.2, -0.15) is 4.31 Å². The second-order valence-electron chi connectivity index (χ2n) is 4.31. The molecule has 3 rings (SSSR count). The Morgan fingerprint density at radius 2 is 2.25 bits per heavy atom. The first-order chi connectivity index (χ1) is 9.50. The molecule has 1 fully saturated rings. The quantitative estimate of drug-likeness (QED) is 0.869. The van der Waals surface area contributed by atoms with E-state index in [9.17, 15) is 13.2 Å². The van der Waals surface area contributed by atoms with Gasteiger partial charge >= 0.3 is 0 Å². The van der Waals surface area contributed by atoms with Crippen LogP contribution in [0.5, 0.6) is 0 Å². The molecule has 108 valence electrons. The van der Waals surface area contributed by atoms with E-state index >= 15 is 0 Å². The van der Waals surface area contributed by atoms with Gasteiger partial charge < -0.3 is 5.32 Å². The van der Waals surface area contributed by atoms with Gasteiger partial charge in [-0.05, 0) is 6.42 Å². The van der Waals surface area contributed by atoms with Gasteiger partial charge in [0, 0.05) is 24.7 Å². The lowest BCUT2D eigenvalue weighted by Crippen LogP contribution is -2.37. The molecule has 2 aromatic heterocycles. The molecule has 0 unspecified atom stereocenters. The minimum atomic E-state index is -3.85. The maximum absolute atomic E-state index is 12.7. The van der Waals surface area contributed by atoms with Crippen LogP contribution in [0.1, 0.15) is 6.42 Å². The van der Waals surface area contributed by atoms with E-state index < -0.39 is 10.0 Å². The fourth-order valence-electron chi connectivity index (χ4n) is 2.08. The Morgan fingerprint density at radius 1 is 1.45 bits per heavy atom. The molecular formula is C10H11ClN4O3S2. The molecule has 1 aliphatic heterocycles. The van der Waals surface area contributed by atoms with Crippen molar-refractivity contribution in [2.24, 2.45) is 0 Å². The fraction of sp³-hybridized carbons (Fsp3) is 0.400. The van der Waals surface area contributed by atoms with Gasteiger partial charge in [-0.25, -0.2) is 13.4 Å². The van der Waals surface area contributed by atoms with E-state index in [0.717, 1.165) is 4.31 Å². The van der Waals surface area contributed by atoms with Gasteiger partial charge in [0.2, 0.25) is 5.91 Å². The number of carbonyl (C=O) groups excluding carboxylic acids is 1. The molecule has 1 saturated heterocycles. The van der Waals surface area contributed by atoms with Crippen LogP contribution in [0.3, 0.4) is 0 Å². The van der Waals surface area contributed by atoms with Gasteiger partial charge in [0.15, 0.2) is 15.1 Å². The molecule has 20 heavy (non-hydrogen) atoms. The highest BCUT2D eigenvalue weighted by Gasteiger charge is 2.33. The van der Waals surface area contributed by atoms with Crippen molar-refractivity contribution in [3.05, 3.63) is 16.7 Å². The number of rotatable bonds is 2. The summed E-state index contributed by atoms with van der Waals surface area (Å²) in [5.74, 6) is -0.312. The SMILES string of the molecule is O=C1CN(S(=O)(=O)c2c(Cl)nc3sccn23)CCCN1. The zero-order chi connectivity index (χ0) is 14.3.